The Balaban J connectivity index is 2.77. The van der Waals surface area contributed by atoms with Gasteiger partial charge in [0.25, 0.3) is 0 Å². The minimum Gasteiger partial charge on any atom is -0.272 e. The Morgan fingerprint density at radius 3 is 2.58 bits per heavy atom. The number of nitrogens with zero attached hydrogens (tertiary/aromatic N) is 2. The van der Waals surface area contributed by atoms with Crippen molar-refractivity contribution in [3.63, 3.8) is 0 Å². The Hall–Kier alpha value is -1.00. The molecule has 0 amide bonds. The molecule has 0 aliphatic carbocycles. The summed E-state index contributed by atoms with van der Waals surface area (Å²) in [6, 6.07) is 0. The lowest BCUT2D eigenvalue weighted by Gasteiger charge is -2.00. The number of hydrogen-bond acceptors (Lipinski definition) is 1. The van der Waals surface area contributed by atoms with Crippen molar-refractivity contribution in [3.8, 4) is 0 Å². The van der Waals surface area contributed by atoms with Crippen LogP contribution in [0.25, 0.3) is 0 Å². The quantitative estimate of drug-likeness (QED) is 0.679. The average Bonchev–Trinajstić information content (AvgIpc) is 2.35. The third-order valence-corrected chi connectivity index (χ3v) is 1.41. The fraction of sp³-hybridized carbons (Fsp3) is 0.571. The van der Waals surface area contributed by atoms with Crippen molar-refractivity contribution < 1.29 is 13.2 Å². The number of aryl methyl sites for hydroxylation is 1. The van der Waals surface area contributed by atoms with E-state index in [1.54, 1.807) is 0 Å². The van der Waals surface area contributed by atoms with Crippen LogP contribution < -0.4 is 0 Å². The molecular formula is C7H9F3N2. The van der Waals surface area contributed by atoms with Crippen LogP contribution in [0.3, 0.4) is 0 Å². The minimum absolute atomic E-state index is 0.524. The predicted molar refractivity (Wildman–Crippen MR) is 37.5 cm³/mol. The second-order valence-electron chi connectivity index (χ2n) is 2.49. The number of aromatic nitrogens is 2. The normalized spacial score (nSPS) is 12.0. The van der Waals surface area contributed by atoms with E-state index in [1.807, 2.05) is 6.92 Å². The molecule has 0 aliphatic rings. The van der Waals surface area contributed by atoms with E-state index in [0.717, 1.165) is 18.8 Å². The molecule has 1 aromatic heterocycles. The van der Waals surface area contributed by atoms with Gasteiger partial charge in [-0.1, -0.05) is 6.92 Å². The van der Waals surface area contributed by atoms with Crippen molar-refractivity contribution in [2.45, 2.75) is 26.1 Å². The first-order valence-corrected chi connectivity index (χ1v) is 3.63. The Bertz CT molecular complexity index is 251. The monoisotopic (exact) mass is 178 g/mol. The molecule has 0 fully saturated rings. The highest BCUT2D eigenvalue weighted by Gasteiger charge is 2.31. The lowest BCUT2D eigenvalue weighted by Crippen LogP contribution is -2.03. The average molecular weight is 178 g/mol. The van der Waals surface area contributed by atoms with Gasteiger partial charge >= 0.3 is 6.18 Å². The zero-order chi connectivity index (χ0) is 9.19. The number of rotatable bonds is 2. The first-order chi connectivity index (χ1) is 5.54. The van der Waals surface area contributed by atoms with Gasteiger partial charge in [0, 0.05) is 12.7 Å². The van der Waals surface area contributed by atoms with Gasteiger partial charge in [0.15, 0.2) is 0 Å². The van der Waals surface area contributed by atoms with Crippen molar-refractivity contribution in [1.82, 2.24) is 9.78 Å². The summed E-state index contributed by atoms with van der Waals surface area (Å²) in [4.78, 5) is 0. The summed E-state index contributed by atoms with van der Waals surface area (Å²) in [5.74, 6) is 0. The fourth-order valence-corrected chi connectivity index (χ4v) is 0.861. The zero-order valence-electron chi connectivity index (χ0n) is 6.60. The Morgan fingerprint density at radius 1 is 1.50 bits per heavy atom. The van der Waals surface area contributed by atoms with Crippen LogP contribution >= 0.6 is 0 Å². The molecule has 0 aromatic carbocycles. The maximum absolute atomic E-state index is 12.0. The summed E-state index contributed by atoms with van der Waals surface area (Å²) >= 11 is 0. The van der Waals surface area contributed by atoms with E-state index in [-0.39, 0.29) is 0 Å². The molecule has 0 bridgehead atoms. The van der Waals surface area contributed by atoms with Crippen LogP contribution in [-0.4, -0.2) is 9.78 Å². The van der Waals surface area contributed by atoms with Crippen LogP contribution in [0.2, 0.25) is 0 Å². The van der Waals surface area contributed by atoms with Crippen LogP contribution in [0.4, 0.5) is 13.2 Å². The molecule has 12 heavy (non-hydrogen) atoms. The van der Waals surface area contributed by atoms with Crippen molar-refractivity contribution in [2.24, 2.45) is 0 Å². The van der Waals surface area contributed by atoms with Crippen LogP contribution in [0.15, 0.2) is 12.4 Å². The van der Waals surface area contributed by atoms with E-state index >= 15 is 0 Å². The smallest absolute Gasteiger partial charge is 0.272 e. The van der Waals surface area contributed by atoms with Crippen LogP contribution in [0.1, 0.15) is 18.9 Å². The summed E-state index contributed by atoms with van der Waals surface area (Å²) in [5.41, 5.74) is -0.684. The van der Waals surface area contributed by atoms with Gasteiger partial charge in [-0.15, -0.1) is 0 Å². The molecule has 68 valence electrons. The molecule has 0 aliphatic heterocycles. The van der Waals surface area contributed by atoms with Gasteiger partial charge in [0.1, 0.15) is 0 Å². The van der Waals surface area contributed by atoms with E-state index in [1.165, 1.54) is 4.68 Å². The van der Waals surface area contributed by atoms with Gasteiger partial charge in [-0.2, -0.15) is 18.3 Å². The van der Waals surface area contributed by atoms with Crippen LogP contribution in [0.5, 0.6) is 0 Å². The first-order valence-electron chi connectivity index (χ1n) is 3.63. The molecular weight excluding hydrogens is 169 g/mol. The number of alkyl halides is 3. The number of hydrogen-bond donors (Lipinski definition) is 0. The van der Waals surface area contributed by atoms with Gasteiger partial charge in [0.2, 0.25) is 0 Å². The highest BCUT2D eigenvalue weighted by atomic mass is 19.4. The second kappa shape index (κ2) is 3.16. The van der Waals surface area contributed by atoms with E-state index in [2.05, 4.69) is 5.10 Å². The molecule has 0 N–H and O–H groups in total. The molecule has 0 spiro atoms. The van der Waals surface area contributed by atoms with Gasteiger partial charge in [-0.25, -0.2) is 0 Å². The number of halogens is 3. The van der Waals surface area contributed by atoms with Crippen LogP contribution in [0, 0.1) is 0 Å². The summed E-state index contributed by atoms with van der Waals surface area (Å²) in [7, 11) is 0. The molecule has 1 rings (SSSR count). The van der Waals surface area contributed by atoms with Crippen LogP contribution in [-0.2, 0) is 12.7 Å². The molecule has 0 saturated heterocycles. The Morgan fingerprint density at radius 2 is 2.17 bits per heavy atom. The fourth-order valence-electron chi connectivity index (χ4n) is 0.861. The minimum atomic E-state index is -4.27. The third kappa shape index (κ3) is 1.99. The second-order valence-corrected chi connectivity index (χ2v) is 2.49. The first kappa shape index (κ1) is 9.09. The highest BCUT2D eigenvalue weighted by molar-refractivity contribution is 5.08. The van der Waals surface area contributed by atoms with E-state index < -0.39 is 11.7 Å². The predicted octanol–water partition coefficient (Wildman–Crippen LogP) is 2.31. The molecule has 0 radical (unpaired) electrons. The largest absolute Gasteiger partial charge is 0.419 e. The Labute approximate surface area is 68.0 Å². The van der Waals surface area contributed by atoms with Crippen molar-refractivity contribution in [3.05, 3.63) is 18.0 Å². The molecule has 2 nitrogen and oxygen atoms in total. The topological polar surface area (TPSA) is 17.8 Å². The van der Waals surface area contributed by atoms with Gasteiger partial charge in [-0.3, -0.25) is 4.68 Å². The molecule has 0 saturated carbocycles. The molecule has 0 unspecified atom stereocenters. The van der Waals surface area contributed by atoms with Gasteiger partial charge < -0.3 is 0 Å². The van der Waals surface area contributed by atoms with E-state index in [9.17, 15) is 13.2 Å². The lowest BCUT2D eigenvalue weighted by molar-refractivity contribution is -0.137. The SMILES string of the molecule is CCCn1cc(C(F)(F)F)cn1. The van der Waals surface area contributed by atoms with Gasteiger partial charge in [0.05, 0.1) is 11.8 Å². The maximum Gasteiger partial charge on any atom is 0.419 e. The summed E-state index contributed by atoms with van der Waals surface area (Å²) in [6.45, 7) is 2.41. The standard InChI is InChI=1S/C7H9F3N2/c1-2-3-12-5-6(4-11-12)7(8,9)10/h4-5H,2-3H2,1H3. The van der Waals surface area contributed by atoms with Crippen molar-refractivity contribution in [1.29, 1.82) is 0 Å². The van der Waals surface area contributed by atoms with Crippen molar-refractivity contribution in [2.75, 3.05) is 0 Å². The zero-order valence-corrected chi connectivity index (χ0v) is 6.60. The summed E-state index contributed by atoms with van der Waals surface area (Å²) in [5, 5.41) is 3.57. The lowest BCUT2D eigenvalue weighted by atomic mass is 10.3. The van der Waals surface area contributed by atoms with E-state index in [4.69, 9.17) is 0 Å². The molecule has 5 heteroatoms. The van der Waals surface area contributed by atoms with Crippen molar-refractivity contribution >= 4 is 0 Å². The van der Waals surface area contributed by atoms with Gasteiger partial charge in [-0.05, 0) is 6.42 Å². The molecule has 1 heterocycles. The highest BCUT2D eigenvalue weighted by Crippen LogP contribution is 2.28. The Kier molecular flexibility index (Phi) is 2.40. The van der Waals surface area contributed by atoms with E-state index in [0.29, 0.717) is 6.54 Å². The maximum atomic E-state index is 12.0. The summed E-state index contributed by atoms with van der Waals surface area (Å²) in [6.07, 6.45) is -1.63. The molecule has 0 atom stereocenters. The molecule has 1 aromatic rings. The summed E-state index contributed by atoms with van der Waals surface area (Å²) < 4.78 is 37.3. The third-order valence-electron chi connectivity index (χ3n) is 1.41.